The average Bonchev–Trinajstić information content (AvgIpc) is 3.17. The van der Waals surface area contributed by atoms with Crippen molar-refractivity contribution in [1.82, 2.24) is 14.9 Å². The minimum absolute atomic E-state index is 0.00793. The molecule has 0 bridgehead atoms. The second-order valence-corrected chi connectivity index (χ2v) is 8.42. The van der Waals surface area contributed by atoms with Crippen molar-refractivity contribution in [2.24, 2.45) is 0 Å². The van der Waals surface area contributed by atoms with Gasteiger partial charge in [0.05, 0.1) is 25.2 Å². The number of carbonyl (C=O) groups excluding carboxylic acids is 1. The summed E-state index contributed by atoms with van der Waals surface area (Å²) in [7, 11) is 0. The summed E-state index contributed by atoms with van der Waals surface area (Å²) >= 11 is 0. The van der Waals surface area contributed by atoms with Crippen molar-refractivity contribution in [2.45, 2.75) is 44.4 Å². The predicted molar refractivity (Wildman–Crippen MR) is 115 cm³/mol. The highest BCUT2D eigenvalue weighted by atomic mass is 16.5. The highest BCUT2D eigenvalue weighted by molar-refractivity contribution is 5.77. The van der Waals surface area contributed by atoms with Crippen LogP contribution in [-0.2, 0) is 16.1 Å². The Labute approximate surface area is 177 Å². The molecule has 2 atom stereocenters. The van der Waals surface area contributed by atoms with Gasteiger partial charge in [0, 0.05) is 38.8 Å². The lowest BCUT2D eigenvalue weighted by Crippen LogP contribution is -2.45. The van der Waals surface area contributed by atoms with Crippen LogP contribution in [0.1, 0.15) is 31.2 Å². The molecular weight excluding hydrogens is 378 g/mol. The van der Waals surface area contributed by atoms with E-state index in [9.17, 15) is 4.79 Å². The Hall–Kier alpha value is -2.67. The van der Waals surface area contributed by atoms with Crippen LogP contribution >= 0.6 is 0 Å². The van der Waals surface area contributed by atoms with Gasteiger partial charge in [-0.15, -0.1) is 0 Å². The van der Waals surface area contributed by atoms with E-state index in [2.05, 4.69) is 38.0 Å². The molecule has 4 heterocycles. The fraction of sp³-hybridized carbons (Fsp3) is 0.522. The summed E-state index contributed by atoms with van der Waals surface area (Å²) in [5.74, 6) is 2.10. The lowest BCUT2D eigenvalue weighted by Gasteiger charge is -2.30. The summed E-state index contributed by atoms with van der Waals surface area (Å²) < 4.78 is 6.11. The van der Waals surface area contributed by atoms with Gasteiger partial charge in [0.15, 0.2) is 0 Å². The number of amides is 1. The van der Waals surface area contributed by atoms with Gasteiger partial charge >= 0.3 is 0 Å². The summed E-state index contributed by atoms with van der Waals surface area (Å²) in [5, 5.41) is 0. The van der Waals surface area contributed by atoms with Crippen LogP contribution in [0.15, 0.2) is 42.7 Å². The summed E-state index contributed by atoms with van der Waals surface area (Å²) in [5.41, 5.74) is 1.15. The molecule has 1 aromatic carbocycles. The first kappa shape index (κ1) is 19.3. The maximum absolute atomic E-state index is 12.9. The third kappa shape index (κ3) is 3.99. The van der Waals surface area contributed by atoms with E-state index in [1.165, 1.54) is 19.3 Å². The Morgan fingerprint density at radius 3 is 2.53 bits per heavy atom. The SMILES string of the molecule is O=C1CCO[C@H]2CN(c3cc(N4CCCCC4)ncn3)C[C@@H]2N1Cc1ccccc1. The number of anilines is 2. The van der Waals surface area contributed by atoms with Gasteiger partial charge in [-0.2, -0.15) is 0 Å². The normalized spacial score (nSPS) is 24.7. The third-order valence-electron chi connectivity index (χ3n) is 6.44. The van der Waals surface area contributed by atoms with E-state index in [0.717, 1.165) is 43.4 Å². The predicted octanol–water partition coefficient (Wildman–Crippen LogP) is 2.47. The molecule has 158 valence electrons. The molecule has 7 nitrogen and oxygen atoms in total. The third-order valence-corrected chi connectivity index (χ3v) is 6.44. The van der Waals surface area contributed by atoms with E-state index < -0.39 is 0 Å². The molecule has 0 N–H and O–H groups in total. The molecule has 1 amide bonds. The second kappa shape index (κ2) is 8.60. The molecule has 3 aliphatic rings. The molecule has 3 fully saturated rings. The molecule has 0 radical (unpaired) electrons. The molecule has 2 aromatic rings. The quantitative estimate of drug-likeness (QED) is 0.776. The number of rotatable bonds is 4. The van der Waals surface area contributed by atoms with Crippen molar-refractivity contribution in [3.05, 3.63) is 48.3 Å². The minimum atomic E-state index is 0.00793. The van der Waals surface area contributed by atoms with E-state index in [-0.39, 0.29) is 18.1 Å². The van der Waals surface area contributed by atoms with Gasteiger partial charge in [-0.3, -0.25) is 4.79 Å². The first-order chi connectivity index (χ1) is 14.8. The lowest BCUT2D eigenvalue weighted by molar-refractivity contribution is -0.133. The molecular formula is C23H29N5O2. The monoisotopic (exact) mass is 407 g/mol. The molecule has 0 saturated carbocycles. The summed E-state index contributed by atoms with van der Waals surface area (Å²) in [4.78, 5) is 28.5. The largest absolute Gasteiger partial charge is 0.374 e. The Kier molecular flexibility index (Phi) is 5.53. The van der Waals surface area contributed by atoms with Crippen LogP contribution in [0.25, 0.3) is 0 Å². The zero-order chi connectivity index (χ0) is 20.3. The van der Waals surface area contributed by atoms with Crippen LogP contribution in [0.4, 0.5) is 11.6 Å². The van der Waals surface area contributed by atoms with Crippen molar-refractivity contribution >= 4 is 17.5 Å². The number of aromatic nitrogens is 2. The maximum atomic E-state index is 12.9. The number of nitrogens with zero attached hydrogens (tertiary/aromatic N) is 5. The fourth-order valence-electron chi connectivity index (χ4n) is 4.82. The van der Waals surface area contributed by atoms with Crippen LogP contribution in [0, 0.1) is 0 Å². The number of carbonyl (C=O) groups is 1. The smallest absolute Gasteiger partial charge is 0.225 e. The van der Waals surface area contributed by atoms with Gasteiger partial charge in [0.2, 0.25) is 5.91 Å². The molecule has 1 aromatic heterocycles. The van der Waals surface area contributed by atoms with E-state index in [1.54, 1.807) is 6.33 Å². The number of ether oxygens (including phenoxy) is 1. The van der Waals surface area contributed by atoms with Gasteiger partial charge < -0.3 is 19.4 Å². The summed E-state index contributed by atoms with van der Waals surface area (Å²) in [6.45, 7) is 4.72. The minimum Gasteiger partial charge on any atom is -0.374 e. The first-order valence-corrected chi connectivity index (χ1v) is 11.0. The molecule has 7 heteroatoms. The standard InChI is InChI=1S/C23H29N5O2/c29-23-9-12-30-20-16-27(15-19(20)28(23)14-18-7-3-1-4-8-18)22-13-21(24-17-25-22)26-10-5-2-6-11-26/h1,3-4,7-8,13,17,19-20H,2,5-6,9-12,14-16H2/t19-,20-/m0/s1. The zero-order valence-electron chi connectivity index (χ0n) is 17.3. The van der Waals surface area contributed by atoms with Crippen LogP contribution < -0.4 is 9.80 Å². The van der Waals surface area contributed by atoms with Crippen LogP contribution in [-0.4, -0.2) is 65.7 Å². The molecule has 5 rings (SSSR count). The zero-order valence-corrected chi connectivity index (χ0v) is 17.3. The number of benzene rings is 1. The Bertz CT molecular complexity index is 871. The Morgan fingerprint density at radius 1 is 0.967 bits per heavy atom. The van der Waals surface area contributed by atoms with Gasteiger partial charge in [0.25, 0.3) is 0 Å². The molecule has 0 aliphatic carbocycles. The average molecular weight is 408 g/mol. The van der Waals surface area contributed by atoms with Gasteiger partial charge in [0.1, 0.15) is 18.0 Å². The highest BCUT2D eigenvalue weighted by Gasteiger charge is 2.42. The first-order valence-electron chi connectivity index (χ1n) is 11.0. The maximum Gasteiger partial charge on any atom is 0.225 e. The lowest BCUT2D eigenvalue weighted by atomic mass is 10.1. The number of hydrogen-bond acceptors (Lipinski definition) is 6. The second-order valence-electron chi connectivity index (χ2n) is 8.42. The van der Waals surface area contributed by atoms with E-state index in [4.69, 9.17) is 4.74 Å². The number of piperidine rings is 1. The van der Waals surface area contributed by atoms with E-state index >= 15 is 0 Å². The Morgan fingerprint density at radius 2 is 1.73 bits per heavy atom. The van der Waals surface area contributed by atoms with Crippen LogP contribution in [0.3, 0.4) is 0 Å². The topological polar surface area (TPSA) is 61.8 Å². The number of fused-ring (bicyclic) bond motifs is 1. The molecule has 30 heavy (non-hydrogen) atoms. The molecule has 3 aliphatic heterocycles. The molecule has 0 spiro atoms. The highest BCUT2D eigenvalue weighted by Crippen LogP contribution is 2.29. The van der Waals surface area contributed by atoms with Crippen LogP contribution in [0.5, 0.6) is 0 Å². The fourth-order valence-corrected chi connectivity index (χ4v) is 4.82. The van der Waals surface area contributed by atoms with Crippen LogP contribution in [0.2, 0.25) is 0 Å². The van der Waals surface area contributed by atoms with Crippen molar-refractivity contribution in [1.29, 1.82) is 0 Å². The summed E-state index contributed by atoms with van der Waals surface area (Å²) in [6.07, 6.45) is 5.86. The summed E-state index contributed by atoms with van der Waals surface area (Å²) in [6, 6.07) is 12.3. The van der Waals surface area contributed by atoms with Crippen molar-refractivity contribution < 1.29 is 9.53 Å². The van der Waals surface area contributed by atoms with Gasteiger partial charge in [-0.1, -0.05) is 30.3 Å². The van der Waals surface area contributed by atoms with Crippen molar-refractivity contribution in [2.75, 3.05) is 42.6 Å². The molecule has 0 unspecified atom stereocenters. The molecule has 3 saturated heterocycles. The van der Waals surface area contributed by atoms with Gasteiger partial charge in [-0.05, 0) is 24.8 Å². The van der Waals surface area contributed by atoms with E-state index in [1.807, 2.05) is 23.1 Å². The Balaban J connectivity index is 1.35. The number of hydrogen-bond donors (Lipinski definition) is 0. The van der Waals surface area contributed by atoms with Gasteiger partial charge in [-0.25, -0.2) is 9.97 Å². The van der Waals surface area contributed by atoms with Crippen molar-refractivity contribution in [3.8, 4) is 0 Å². The van der Waals surface area contributed by atoms with Crippen molar-refractivity contribution in [3.63, 3.8) is 0 Å². The van der Waals surface area contributed by atoms with E-state index in [0.29, 0.717) is 19.6 Å².